The van der Waals surface area contributed by atoms with Gasteiger partial charge in [0.25, 0.3) is 0 Å². The van der Waals surface area contributed by atoms with Gasteiger partial charge in [-0.1, -0.05) is 0 Å². The van der Waals surface area contributed by atoms with Crippen LogP contribution < -0.4 is 10.6 Å². The Morgan fingerprint density at radius 3 is 3.00 bits per heavy atom. The molecule has 1 aromatic heterocycles. The van der Waals surface area contributed by atoms with Crippen molar-refractivity contribution in [2.24, 2.45) is 7.05 Å². The first-order valence-electron chi connectivity index (χ1n) is 5.11. The van der Waals surface area contributed by atoms with Crippen molar-refractivity contribution < 1.29 is 4.79 Å². The minimum absolute atomic E-state index is 0.0918. The largest absolute Gasteiger partial charge is 0.352 e. The lowest BCUT2D eigenvalue weighted by molar-refractivity contribution is -0.121. The maximum Gasteiger partial charge on any atom is 0.220 e. The van der Waals surface area contributed by atoms with Gasteiger partial charge >= 0.3 is 0 Å². The van der Waals surface area contributed by atoms with E-state index in [1.54, 1.807) is 10.9 Å². The zero-order chi connectivity index (χ0) is 11.1. The third-order valence-corrected chi connectivity index (χ3v) is 2.08. The molecule has 2 N–H and O–H groups in total. The molecule has 0 spiro atoms. The Kier molecular flexibility index (Phi) is 4.83. The Hall–Kier alpha value is -1.36. The quantitative estimate of drug-likeness (QED) is 0.652. The van der Waals surface area contributed by atoms with Crippen LogP contribution in [0.25, 0.3) is 0 Å². The summed E-state index contributed by atoms with van der Waals surface area (Å²) in [5.74, 6) is 0.0918. The molecule has 0 aliphatic carbocycles. The van der Waals surface area contributed by atoms with E-state index in [0.717, 1.165) is 18.5 Å². The van der Waals surface area contributed by atoms with Crippen LogP contribution >= 0.6 is 0 Å². The van der Waals surface area contributed by atoms with Crippen LogP contribution in [0.3, 0.4) is 0 Å². The molecule has 0 fully saturated rings. The highest BCUT2D eigenvalue weighted by Crippen LogP contribution is 1.95. The summed E-state index contributed by atoms with van der Waals surface area (Å²) in [6.45, 7) is 1.44. The number of aromatic nitrogens is 2. The van der Waals surface area contributed by atoms with Gasteiger partial charge in [0.05, 0.1) is 6.20 Å². The van der Waals surface area contributed by atoms with Crippen molar-refractivity contribution in [1.82, 2.24) is 20.4 Å². The van der Waals surface area contributed by atoms with Crippen LogP contribution in [0.4, 0.5) is 0 Å². The molecule has 0 atom stereocenters. The zero-order valence-corrected chi connectivity index (χ0v) is 9.29. The highest BCUT2D eigenvalue weighted by Gasteiger charge is 2.01. The highest BCUT2D eigenvalue weighted by atomic mass is 16.1. The summed E-state index contributed by atoms with van der Waals surface area (Å²) in [4.78, 5) is 11.3. The topological polar surface area (TPSA) is 59.0 Å². The standard InChI is InChI=1S/C10H18N4O/c1-11-5-3-4-10(15)12-6-9-7-13-14(2)8-9/h7-8,11H,3-6H2,1-2H3,(H,12,15). The minimum Gasteiger partial charge on any atom is -0.352 e. The molecule has 1 rings (SSSR count). The summed E-state index contributed by atoms with van der Waals surface area (Å²) < 4.78 is 1.72. The molecule has 0 aliphatic rings. The molecular weight excluding hydrogens is 192 g/mol. The maximum atomic E-state index is 11.3. The summed E-state index contributed by atoms with van der Waals surface area (Å²) in [7, 11) is 3.74. The van der Waals surface area contributed by atoms with Crippen molar-refractivity contribution in [2.45, 2.75) is 19.4 Å². The fourth-order valence-electron chi connectivity index (χ4n) is 1.28. The highest BCUT2D eigenvalue weighted by molar-refractivity contribution is 5.75. The van der Waals surface area contributed by atoms with E-state index in [0.29, 0.717) is 13.0 Å². The molecule has 84 valence electrons. The normalized spacial score (nSPS) is 10.3. The Balaban J connectivity index is 2.16. The van der Waals surface area contributed by atoms with E-state index in [1.165, 1.54) is 0 Å². The van der Waals surface area contributed by atoms with Crippen LogP contribution in [0, 0.1) is 0 Å². The molecule has 1 amide bonds. The Morgan fingerprint density at radius 2 is 2.40 bits per heavy atom. The van der Waals surface area contributed by atoms with Crippen molar-refractivity contribution in [3.63, 3.8) is 0 Å². The lowest BCUT2D eigenvalue weighted by atomic mass is 10.3. The number of rotatable bonds is 6. The number of hydrogen-bond donors (Lipinski definition) is 2. The van der Waals surface area contributed by atoms with Crippen molar-refractivity contribution in [3.05, 3.63) is 18.0 Å². The van der Waals surface area contributed by atoms with E-state index in [1.807, 2.05) is 20.3 Å². The zero-order valence-electron chi connectivity index (χ0n) is 9.29. The van der Waals surface area contributed by atoms with Gasteiger partial charge in [-0.3, -0.25) is 9.48 Å². The van der Waals surface area contributed by atoms with Gasteiger partial charge in [0.15, 0.2) is 0 Å². The van der Waals surface area contributed by atoms with Gasteiger partial charge < -0.3 is 10.6 Å². The molecular formula is C10H18N4O. The number of hydrogen-bond acceptors (Lipinski definition) is 3. The molecule has 5 heteroatoms. The molecule has 0 saturated carbocycles. The monoisotopic (exact) mass is 210 g/mol. The number of aryl methyl sites for hydroxylation is 1. The maximum absolute atomic E-state index is 11.3. The van der Waals surface area contributed by atoms with Gasteiger partial charge in [0.2, 0.25) is 5.91 Å². The van der Waals surface area contributed by atoms with Gasteiger partial charge in [-0.15, -0.1) is 0 Å². The first-order valence-corrected chi connectivity index (χ1v) is 5.11. The summed E-state index contributed by atoms with van der Waals surface area (Å²) >= 11 is 0. The van der Waals surface area contributed by atoms with Gasteiger partial charge in [0, 0.05) is 31.8 Å². The Labute approximate surface area is 89.9 Å². The predicted octanol–water partition coefficient (Wildman–Crippen LogP) is 0.0359. The Bertz CT molecular complexity index is 308. The molecule has 0 bridgehead atoms. The fourth-order valence-corrected chi connectivity index (χ4v) is 1.28. The van der Waals surface area contributed by atoms with Crippen LogP contribution in [-0.2, 0) is 18.4 Å². The molecule has 0 radical (unpaired) electrons. The number of carbonyl (C=O) groups is 1. The second-order valence-corrected chi connectivity index (χ2v) is 3.51. The van der Waals surface area contributed by atoms with Crippen molar-refractivity contribution >= 4 is 5.91 Å². The molecule has 1 aromatic rings. The van der Waals surface area contributed by atoms with Crippen LogP contribution in [0.15, 0.2) is 12.4 Å². The van der Waals surface area contributed by atoms with Crippen LogP contribution in [0.5, 0.6) is 0 Å². The molecule has 15 heavy (non-hydrogen) atoms. The number of nitrogens with zero attached hydrogens (tertiary/aromatic N) is 2. The molecule has 1 heterocycles. The number of amides is 1. The van der Waals surface area contributed by atoms with Gasteiger partial charge in [-0.05, 0) is 20.0 Å². The lowest BCUT2D eigenvalue weighted by Crippen LogP contribution is -2.23. The van der Waals surface area contributed by atoms with E-state index in [2.05, 4.69) is 15.7 Å². The van der Waals surface area contributed by atoms with Crippen LogP contribution in [0.1, 0.15) is 18.4 Å². The van der Waals surface area contributed by atoms with E-state index < -0.39 is 0 Å². The van der Waals surface area contributed by atoms with Crippen LogP contribution in [-0.4, -0.2) is 29.3 Å². The van der Waals surface area contributed by atoms with Gasteiger partial charge in [-0.25, -0.2) is 0 Å². The molecule has 0 saturated heterocycles. The lowest BCUT2D eigenvalue weighted by Gasteiger charge is -2.02. The summed E-state index contributed by atoms with van der Waals surface area (Å²) in [6.07, 6.45) is 5.10. The fraction of sp³-hybridized carbons (Fsp3) is 0.600. The predicted molar refractivity (Wildman–Crippen MR) is 58.2 cm³/mol. The van der Waals surface area contributed by atoms with Gasteiger partial charge in [0.1, 0.15) is 0 Å². The summed E-state index contributed by atoms with van der Waals surface area (Å²) in [5, 5.41) is 9.88. The number of nitrogens with one attached hydrogen (secondary N) is 2. The minimum atomic E-state index is 0.0918. The van der Waals surface area contributed by atoms with E-state index in [9.17, 15) is 4.79 Å². The first kappa shape index (κ1) is 11.7. The van der Waals surface area contributed by atoms with E-state index >= 15 is 0 Å². The van der Waals surface area contributed by atoms with Gasteiger partial charge in [-0.2, -0.15) is 5.10 Å². The summed E-state index contributed by atoms with van der Waals surface area (Å²) in [6, 6.07) is 0. The second kappa shape index (κ2) is 6.19. The third kappa shape index (κ3) is 4.60. The van der Waals surface area contributed by atoms with E-state index in [-0.39, 0.29) is 5.91 Å². The average Bonchev–Trinajstić information content (AvgIpc) is 2.62. The SMILES string of the molecule is CNCCCC(=O)NCc1cnn(C)c1. The summed E-state index contributed by atoms with van der Waals surface area (Å²) in [5.41, 5.74) is 1.03. The molecule has 5 nitrogen and oxygen atoms in total. The molecule has 0 aliphatic heterocycles. The van der Waals surface area contributed by atoms with Crippen molar-refractivity contribution in [1.29, 1.82) is 0 Å². The van der Waals surface area contributed by atoms with E-state index in [4.69, 9.17) is 0 Å². The molecule has 0 aromatic carbocycles. The average molecular weight is 210 g/mol. The third-order valence-electron chi connectivity index (χ3n) is 2.08. The van der Waals surface area contributed by atoms with Crippen LogP contribution in [0.2, 0.25) is 0 Å². The number of carbonyl (C=O) groups excluding carboxylic acids is 1. The smallest absolute Gasteiger partial charge is 0.220 e. The van der Waals surface area contributed by atoms with Crippen molar-refractivity contribution in [2.75, 3.05) is 13.6 Å². The Morgan fingerprint density at radius 1 is 1.60 bits per heavy atom. The first-order chi connectivity index (χ1) is 7.22. The molecule has 0 unspecified atom stereocenters. The second-order valence-electron chi connectivity index (χ2n) is 3.51. The van der Waals surface area contributed by atoms with Crippen molar-refractivity contribution in [3.8, 4) is 0 Å².